The van der Waals surface area contributed by atoms with E-state index in [4.69, 9.17) is 0 Å². The topological polar surface area (TPSA) is 58.0 Å². The average Bonchev–Trinajstić information content (AvgIpc) is 2.92. The Balaban J connectivity index is 1.96. The lowest BCUT2D eigenvalue weighted by Crippen LogP contribution is -2.36. The van der Waals surface area contributed by atoms with Crippen LogP contribution in [0.25, 0.3) is 0 Å². The molecule has 96 valence electrons. The average molecular weight is 263 g/mol. The first-order chi connectivity index (χ1) is 8.59. The quantitative estimate of drug-likeness (QED) is 0.867. The Labute approximate surface area is 111 Å². The van der Waals surface area contributed by atoms with Gasteiger partial charge >= 0.3 is 0 Å². The number of aromatic nitrogens is 2. The van der Waals surface area contributed by atoms with Crippen molar-refractivity contribution in [3.63, 3.8) is 0 Å². The first-order valence-electron chi connectivity index (χ1n) is 5.84. The van der Waals surface area contributed by atoms with E-state index in [2.05, 4.69) is 15.3 Å². The molecule has 0 spiro atoms. The molecule has 0 aliphatic heterocycles. The molecule has 5 heteroatoms. The number of hydrogen-bond donors (Lipinski definition) is 2. The van der Waals surface area contributed by atoms with Crippen molar-refractivity contribution in [2.75, 3.05) is 6.54 Å². The SMILES string of the molecule is CC(NCC(C)(O)c1ccsc1)c1cnccn1. The zero-order chi connectivity index (χ0) is 13.0. The molecule has 2 unspecified atom stereocenters. The van der Waals surface area contributed by atoms with Crippen molar-refractivity contribution < 1.29 is 5.11 Å². The van der Waals surface area contributed by atoms with Crippen molar-refractivity contribution in [2.24, 2.45) is 0 Å². The third kappa shape index (κ3) is 3.13. The van der Waals surface area contributed by atoms with Gasteiger partial charge in [-0.15, -0.1) is 0 Å². The van der Waals surface area contributed by atoms with E-state index in [0.717, 1.165) is 11.3 Å². The minimum Gasteiger partial charge on any atom is -0.384 e. The summed E-state index contributed by atoms with van der Waals surface area (Å²) in [4.78, 5) is 8.27. The van der Waals surface area contributed by atoms with E-state index in [0.29, 0.717) is 6.54 Å². The van der Waals surface area contributed by atoms with Gasteiger partial charge in [0.05, 0.1) is 5.69 Å². The van der Waals surface area contributed by atoms with Gasteiger partial charge in [0.1, 0.15) is 5.60 Å². The minimum absolute atomic E-state index is 0.0591. The molecule has 0 aliphatic carbocycles. The van der Waals surface area contributed by atoms with Gasteiger partial charge in [0, 0.05) is 31.2 Å². The van der Waals surface area contributed by atoms with Gasteiger partial charge in [-0.3, -0.25) is 9.97 Å². The lowest BCUT2D eigenvalue weighted by Gasteiger charge is -2.25. The van der Waals surface area contributed by atoms with Gasteiger partial charge in [-0.2, -0.15) is 11.3 Å². The highest BCUT2D eigenvalue weighted by Crippen LogP contribution is 2.23. The summed E-state index contributed by atoms with van der Waals surface area (Å²) in [6.07, 6.45) is 5.05. The van der Waals surface area contributed by atoms with Crippen molar-refractivity contribution in [3.8, 4) is 0 Å². The highest BCUT2D eigenvalue weighted by atomic mass is 32.1. The van der Waals surface area contributed by atoms with Gasteiger partial charge in [-0.05, 0) is 36.2 Å². The van der Waals surface area contributed by atoms with E-state index in [1.165, 1.54) is 0 Å². The van der Waals surface area contributed by atoms with Crippen LogP contribution >= 0.6 is 11.3 Å². The zero-order valence-electron chi connectivity index (χ0n) is 10.5. The molecule has 4 nitrogen and oxygen atoms in total. The van der Waals surface area contributed by atoms with Crippen molar-refractivity contribution in [3.05, 3.63) is 46.7 Å². The third-order valence-electron chi connectivity index (χ3n) is 2.92. The predicted molar refractivity (Wildman–Crippen MR) is 72.3 cm³/mol. The molecule has 2 N–H and O–H groups in total. The van der Waals surface area contributed by atoms with E-state index in [1.54, 1.807) is 29.9 Å². The molecule has 0 saturated heterocycles. The van der Waals surface area contributed by atoms with Gasteiger partial charge in [0.2, 0.25) is 0 Å². The second kappa shape index (κ2) is 5.56. The Kier molecular flexibility index (Phi) is 4.06. The number of nitrogens with zero attached hydrogens (tertiary/aromatic N) is 2. The molecule has 2 heterocycles. The Bertz CT molecular complexity index is 470. The molecule has 2 rings (SSSR count). The van der Waals surface area contributed by atoms with Crippen molar-refractivity contribution >= 4 is 11.3 Å². The second-order valence-corrected chi connectivity index (χ2v) is 5.30. The van der Waals surface area contributed by atoms with Crippen LogP contribution < -0.4 is 5.32 Å². The summed E-state index contributed by atoms with van der Waals surface area (Å²) in [7, 11) is 0. The van der Waals surface area contributed by atoms with Crippen LogP contribution in [0.2, 0.25) is 0 Å². The van der Waals surface area contributed by atoms with Gasteiger partial charge in [0.15, 0.2) is 0 Å². The predicted octanol–water partition coefficient (Wildman–Crippen LogP) is 2.10. The lowest BCUT2D eigenvalue weighted by atomic mass is 9.99. The maximum absolute atomic E-state index is 10.4. The van der Waals surface area contributed by atoms with Gasteiger partial charge < -0.3 is 10.4 Å². The number of aliphatic hydroxyl groups is 1. The fourth-order valence-electron chi connectivity index (χ4n) is 1.66. The van der Waals surface area contributed by atoms with Crippen LogP contribution in [0, 0.1) is 0 Å². The maximum atomic E-state index is 10.4. The van der Waals surface area contributed by atoms with Crippen molar-refractivity contribution in [1.82, 2.24) is 15.3 Å². The van der Waals surface area contributed by atoms with Crippen molar-refractivity contribution in [2.45, 2.75) is 25.5 Å². The molecule has 0 aromatic carbocycles. The molecule has 2 aromatic rings. The summed E-state index contributed by atoms with van der Waals surface area (Å²) < 4.78 is 0. The molecule has 0 fully saturated rings. The van der Waals surface area contributed by atoms with Crippen LogP contribution in [0.3, 0.4) is 0 Å². The Morgan fingerprint density at radius 2 is 2.33 bits per heavy atom. The number of hydrogen-bond acceptors (Lipinski definition) is 5. The normalized spacial score (nSPS) is 16.2. The van der Waals surface area contributed by atoms with E-state index in [-0.39, 0.29) is 6.04 Å². The fourth-order valence-corrected chi connectivity index (χ4v) is 2.45. The summed E-state index contributed by atoms with van der Waals surface area (Å²) in [5, 5.41) is 17.6. The van der Waals surface area contributed by atoms with Crippen molar-refractivity contribution in [1.29, 1.82) is 0 Å². The summed E-state index contributed by atoms with van der Waals surface area (Å²) in [6.45, 7) is 4.29. The highest BCUT2D eigenvalue weighted by molar-refractivity contribution is 7.08. The first kappa shape index (κ1) is 13.1. The summed E-state index contributed by atoms with van der Waals surface area (Å²) in [6, 6.07) is 2.00. The van der Waals surface area contributed by atoms with E-state index >= 15 is 0 Å². The van der Waals surface area contributed by atoms with Gasteiger partial charge in [0.25, 0.3) is 0 Å². The molecule has 2 atom stereocenters. The zero-order valence-corrected chi connectivity index (χ0v) is 11.3. The number of nitrogens with one attached hydrogen (secondary N) is 1. The largest absolute Gasteiger partial charge is 0.384 e. The second-order valence-electron chi connectivity index (χ2n) is 4.52. The van der Waals surface area contributed by atoms with Crippen LogP contribution in [0.1, 0.15) is 31.1 Å². The molecule has 0 saturated carbocycles. The fraction of sp³-hybridized carbons (Fsp3) is 0.385. The van der Waals surface area contributed by atoms with E-state index in [9.17, 15) is 5.11 Å². The first-order valence-corrected chi connectivity index (χ1v) is 6.78. The van der Waals surface area contributed by atoms with Gasteiger partial charge in [-0.1, -0.05) is 0 Å². The third-order valence-corrected chi connectivity index (χ3v) is 3.61. The highest BCUT2D eigenvalue weighted by Gasteiger charge is 2.24. The van der Waals surface area contributed by atoms with E-state index in [1.807, 2.05) is 30.7 Å². The molecule has 2 aromatic heterocycles. The molecular weight excluding hydrogens is 246 g/mol. The Morgan fingerprint density at radius 3 is 2.94 bits per heavy atom. The van der Waals surface area contributed by atoms with Crippen LogP contribution in [-0.4, -0.2) is 21.6 Å². The van der Waals surface area contributed by atoms with Crippen LogP contribution in [0.15, 0.2) is 35.4 Å². The Morgan fingerprint density at radius 1 is 1.50 bits per heavy atom. The maximum Gasteiger partial charge on any atom is 0.100 e. The molecule has 0 bridgehead atoms. The molecule has 0 amide bonds. The minimum atomic E-state index is -0.865. The van der Waals surface area contributed by atoms with Crippen LogP contribution in [0.4, 0.5) is 0 Å². The van der Waals surface area contributed by atoms with Gasteiger partial charge in [-0.25, -0.2) is 0 Å². The lowest BCUT2D eigenvalue weighted by molar-refractivity contribution is 0.0546. The number of rotatable bonds is 5. The van der Waals surface area contributed by atoms with E-state index < -0.39 is 5.60 Å². The number of thiophene rings is 1. The molecule has 0 radical (unpaired) electrons. The molecule has 0 aliphatic rings. The van der Waals surface area contributed by atoms with Crippen LogP contribution in [-0.2, 0) is 5.60 Å². The van der Waals surface area contributed by atoms with Crippen LogP contribution in [0.5, 0.6) is 0 Å². The molecular formula is C13H17N3OS. The summed E-state index contributed by atoms with van der Waals surface area (Å²) >= 11 is 1.59. The summed E-state index contributed by atoms with van der Waals surface area (Å²) in [5.74, 6) is 0. The molecule has 18 heavy (non-hydrogen) atoms. The Hall–Kier alpha value is -1.30. The standard InChI is InChI=1S/C13H17N3OS/c1-10(12-7-14-4-5-15-12)16-9-13(2,17)11-3-6-18-8-11/h3-8,10,16-17H,9H2,1-2H3. The smallest absolute Gasteiger partial charge is 0.100 e. The summed E-state index contributed by atoms with van der Waals surface area (Å²) in [5.41, 5.74) is 0.946. The monoisotopic (exact) mass is 263 g/mol.